The SMILES string of the molecule is CC(OC(=O)OCC(=O)N1CCC(OC(C)(C)C)CC1N=C=O)O[N+](=O)[O-]. The first-order valence-electron chi connectivity index (χ1n) is 8.20. The summed E-state index contributed by atoms with van der Waals surface area (Å²) >= 11 is 0. The van der Waals surface area contributed by atoms with E-state index in [4.69, 9.17) is 4.74 Å². The minimum absolute atomic E-state index is 0.192. The Balaban J connectivity index is 2.56. The minimum atomic E-state index is -1.49. The molecule has 1 aliphatic rings. The molecule has 1 rings (SSSR count). The van der Waals surface area contributed by atoms with Crippen LogP contribution in [-0.4, -0.2) is 65.4 Å². The van der Waals surface area contributed by atoms with Crippen molar-refractivity contribution in [3.8, 4) is 0 Å². The maximum atomic E-state index is 12.3. The number of carbonyl (C=O) groups excluding carboxylic acids is 3. The molecule has 0 spiro atoms. The summed E-state index contributed by atoms with van der Waals surface area (Å²) in [7, 11) is 0. The van der Waals surface area contributed by atoms with Crippen molar-refractivity contribution in [2.75, 3.05) is 13.2 Å². The van der Waals surface area contributed by atoms with Crippen molar-refractivity contribution in [3.05, 3.63) is 10.1 Å². The van der Waals surface area contributed by atoms with Crippen LogP contribution < -0.4 is 0 Å². The van der Waals surface area contributed by atoms with Crippen LogP contribution in [0.25, 0.3) is 0 Å². The van der Waals surface area contributed by atoms with Gasteiger partial charge in [0.15, 0.2) is 6.61 Å². The first kappa shape index (κ1) is 22.3. The third-order valence-electron chi connectivity index (χ3n) is 3.38. The van der Waals surface area contributed by atoms with E-state index in [1.807, 2.05) is 20.8 Å². The number of isocyanates is 1. The Morgan fingerprint density at radius 3 is 2.63 bits per heavy atom. The molecular weight excluding hydrogens is 366 g/mol. The minimum Gasteiger partial charge on any atom is -0.424 e. The molecule has 0 radical (unpaired) electrons. The summed E-state index contributed by atoms with van der Waals surface area (Å²) in [5, 5.41) is 8.98. The van der Waals surface area contributed by atoms with Crippen molar-refractivity contribution in [1.82, 2.24) is 4.90 Å². The van der Waals surface area contributed by atoms with Gasteiger partial charge in [-0.05, 0) is 34.1 Å². The van der Waals surface area contributed by atoms with Crippen LogP contribution in [-0.2, 0) is 28.6 Å². The van der Waals surface area contributed by atoms with Gasteiger partial charge < -0.3 is 19.1 Å². The zero-order valence-electron chi connectivity index (χ0n) is 15.6. The van der Waals surface area contributed by atoms with E-state index in [1.54, 1.807) is 0 Å². The first-order chi connectivity index (χ1) is 12.5. The summed E-state index contributed by atoms with van der Waals surface area (Å²) in [6.07, 6.45) is -1.52. The number of aliphatic imine (C=N–C) groups is 1. The van der Waals surface area contributed by atoms with Crippen LogP contribution >= 0.6 is 0 Å². The van der Waals surface area contributed by atoms with Gasteiger partial charge in [0.05, 0.1) is 11.7 Å². The maximum Gasteiger partial charge on any atom is 0.510 e. The zero-order valence-corrected chi connectivity index (χ0v) is 15.6. The molecule has 0 N–H and O–H groups in total. The number of likely N-dealkylation sites (tertiary alicyclic amines) is 1. The average Bonchev–Trinajstić information content (AvgIpc) is 2.50. The monoisotopic (exact) mass is 389 g/mol. The van der Waals surface area contributed by atoms with Gasteiger partial charge in [0.2, 0.25) is 12.4 Å². The van der Waals surface area contributed by atoms with Crippen LogP contribution in [0.2, 0.25) is 0 Å². The Morgan fingerprint density at radius 1 is 1.41 bits per heavy atom. The van der Waals surface area contributed by atoms with Gasteiger partial charge in [-0.3, -0.25) is 9.63 Å². The predicted molar refractivity (Wildman–Crippen MR) is 87.5 cm³/mol. The molecule has 0 saturated carbocycles. The number of hydrogen-bond donors (Lipinski definition) is 0. The van der Waals surface area contributed by atoms with Crippen LogP contribution in [0.1, 0.15) is 40.5 Å². The zero-order chi connectivity index (χ0) is 20.6. The average molecular weight is 389 g/mol. The van der Waals surface area contributed by atoms with Crippen LogP contribution in [0.5, 0.6) is 0 Å². The molecule has 1 amide bonds. The fourth-order valence-electron chi connectivity index (χ4n) is 2.51. The summed E-state index contributed by atoms with van der Waals surface area (Å²) in [6.45, 7) is 6.36. The van der Waals surface area contributed by atoms with Gasteiger partial charge in [0.25, 0.3) is 11.0 Å². The largest absolute Gasteiger partial charge is 0.510 e. The number of hydrogen-bond acceptors (Lipinski definition) is 10. The van der Waals surface area contributed by atoms with Crippen molar-refractivity contribution < 1.29 is 38.5 Å². The fourth-order valence-corrected chi connectivity index (χ4v) is 2.51. The third-order valence-corrected chi connectivity index (χ3v) is 3.38. The fraction of sp³-hybridized carbons (Fsp3) is 0.800. The van der Waals surface area contributed by atoms with E-state index >= 15 is 0 Å². The summed E-state index contributed by atoms with van der Waals surface area (Å²) in [5.41, 5.74) is -0.387. The van der Waals surface area contributed by atoms with E-state index in [0.717, 1.165) is 6.92 Å². The molecule has 1 heterocycles. The summed E-state index contributed by atoms with van der Waals surface area (Å²) in [4.78, 5) is 53.3. The number of carbonyl (C=O) groups is 2. The lowest BCUT2D eigenvalue weighted by molar-refractivity contribution is -0.777. The van der Waals surface area contributed by atoms with Crippen LogP contribution in [0.4, 0.5) is 4.79 Å². The number of amides is 1. The maximum absolute atomic E-state index is 12.3. The lowest BCUT2D eigenvalue weighted by atomic mass is 10.0. The molecule has 3 unspecified atom stereocenters. The molecule has 1 saturated heterocycles. The third kappa shape index (κ3) is 8.47. The standard InChI is InChI=1S/C15H23N3O9/c1-10(27-18(22)23)25-14(21)24-8-13(20)17-6-5-11(26-15(2,3)4)7-12(17)16-9-19/h10-12H,5-8H2,1-4H3. The Kier molecular flexibility index (Phi) is 8.13. The molecule has 27 heavy (non-hydrogen) atoms. The summed E-state index contributed by atoms with van der Waals surface area (Å²) in [5.74, 6) is -0.604. The molecule has 12 nitrogen and oxygen atoms in total. The number of ether oxygens (including phenoxy) is 3. The van der Waals surface area contributed by atoms with Gasteiger partial charge in [0, 0.05) is 13.0 Å². The van der Waals surface area contributed by atoms with Crippen molar-refractivity contribution in [2.24, 2.45) is 4.99 Å². The van der Waals surface area contributed by atoms with Gasteiger partial charge in [-0.25, -0.2) is 9.59 Å². The quantitative estimate of drug-likeness (QED) is 0.156. The van der Waals surface area contributed by atoms with Crippen LogP contribution in [0.15, 0.2) is 4.99 Å². The Bertz CT molecular complexity index is 598. The van der Waals surface area contributed by atoms with E-state index in [2.05, 4.69) is 19.3 Å². The Morgan fingerprint density at radius 2 is 2.07 bits per heavy atom. The summed E-state index contributed by atoms with van der Waals surface area (Å²) in [6, 6.07) is 0. The molecule has 1 aliphatic heterocycles. The molecule has 1 fully saturated rings. The second-order valence-electron chi connectivity index (χ2n) is 6.72. The molecule has 152 valence electrons. The number of rotatable bonds is 7. The molecule has 0 aliphatic carbocycles. The van der Waals surface area contributed by atoms with Gasteiger partial charge in [0.1, 0.15) is 6.17 Å². The molecular formula is C15H23N3O9. The van der Waals surface area contributed by atoms with E-state index in [0.29, 0.717) is 12.8 Å². The van der Waals surface area contributed by atoms with Gasteiger partial charge in [-0.2, -0.15) is 4.99 Å². The molecule has 0 aromatic carbocycles. The summed E-state index contributed by atoms with van der Waals surface area (Å²) < 4.78 is 14.9. The van der Waals surface area contributed by atoms with Gasteiger partial charge in [-0.1, -0.05) is 0 Å². The van der Waals surface area contributed by atoms with Crippen molar-refractivity contribution in [1.29, 1.82) is 0 Å². The second kappa shape index (κ2) is 9.83. The highest BCUT2D eigenvalue weighted by molar-refractivity contribution is 5.79. The van der Waals surface area contributed by atoms with E-state index in [-0.39, 0.29) is 18.2 Å². The van der Waals surface area contributed by atoms with Crippen molar-refractivity contribution in [2.45, 2.75) is 64.7 Å². The molecule has 0 aromatic heterocycles. The molecule has 3 atom stereocenters. The Labute approximate surface area is 155 Å². The van der Waals surface area contributed by atoms with E-state index in [1.165, 1.54) is 11.0 Å². The highest BCUT2D eigenvalue weighted by Crippen LogP contribution is 2.25. The van der Waals surface area contributed by atoms with Crippen LogP contribution in [0, 0.1) is 10.1 Å². The lowest BCUT2D eigenvalue weighted by Crippen LogP contribution is -2.49. The number of piperidine rings is 1. The van der Waals surface area contributed by atoms with Crippen LogP contribution in [0.3, 0.4) is 0 Å². The van der Waals surface area contributed by atoms with E-state index in [9.17, 15) is 24.5 Å². The second-order valence-corrected chi connectivity index (χ2v) is 6.72. The first-order valence-corrected chi connectivity index (χ1v) is 8.20. The Hall–Kier alpha value is -2.72. The lowest BCUT2D eigenvalue weighted by Gasteiger charge is -2.38. The van der Waals surface area contributed by atoms with Gasteiger partial charge in [-0.15, -0.1) is 10.1 Å². The number of nitrogens with zero attached hydrogens (tertiary/aromatic N) is 3. The molecule has 0 bridgehead atoms. The normalized spacial score (nSPS) is 20.8. The highest BCUT2D eigenvalue weighted by Gasteiger charge is 2.34. The van der Waals surface area contributed by atoms with Crippen molar-refractivity contribution >= 4 is 18.1 Å². The topological polar surface area (TPSA) is 147 Å². The molecule has 0 aromatic rings. The predicted octanol–water partition coefficient (Wildman–Crippen LogP) is 1.16. The molecule has 12 heteroatoms. The van der Waals surface area contributed by atoms with Crippen molar-refractivity contribution in [3.63, 3.8) is 0 Å². The highest BCUT2D eigenvalue weighted by atomic mass is 17.0. The smallest absolute Gasteiger partial charge is 0.424 e. The van der Waals surface area contributed by atoms with E-state index < -0.39 is 36.2 Å². The van der Waals surface area contributed by atoms with Gasteiger partial charge >= 0.3 is 6.16 Å².